The van der Waals surface area contributed by atoms with Gasteiger partial charge in [0.05, 0.1) is 16.2 Å². The van der Waals surface area contributed by atoms with Gasteiger partial charge in [-0.05, 0) is 29.8 Å². The number of hydrogen-bond donors (Lipinski definition) is 1. The van der Waals surface area contributed by atoms with Crippen LogP contribution in [0.4, 0.5) is 5.69 Å². The van der Waals surface area contributed by atoms with E-state index in [0.717, 1.165) is 0 Å². The maximum Gasteiger partial charge on any atom is 0.277 e. The summed E-state index contributed by atoms with van der Waals surface area (Å²) in [6, 6.07) is 12.5. The van der Waals surface area contributed by atoms with Crippen molar-refractivity contribution in [1.29, 1.82) is 0 Å². The molecule has 1 N–H and O–H groups in total. The molecule has 0 unspecified atom stereocenters. The van der Waals surface area contributed by atoms with Gasteiger partial charge in [0.2, 0.25) is 0 Å². The average molecular weight is 334 g/mol. The third-order valence-corrected chi connectivity index (χ3v) is 3.01. The number of hydrazone groups is 1. The number of hydrogen-bond acceptors (Lipinski definition) is 5. The van der Waals surface area contributed by atoms with Crippen molar-refractivity contribution < 1.29 is 14.5 Å². The minimum absolute atomic E-state index is 0.0145. The Bertz CT molecular complexity index is 732. The minimum atomic E-state index is -0.491. The monoisotopic (exact) mass is 333 g/mol. The highest BCUT2D eigenvalue weighted by molar-refractivity contribution is 6.32. The predicted octanol–water partition coefficient (Wildman–Crippen LogP) is 2.78. The zero-order valence-corrected chi connectivity index (χ0v) is 12.6. The molecule has 0 aliphatic carbocycles. The maximum absolute atomic E-state index is 11.6. The molecular weight excluding hydrogens is 322 g/mol. The molecule has 0 heterocycles. The van der Waals surface area contributed by atoms with E-state index in [1.807, 2.05) is 0 Å². The van der Waals surface area contributed by atoms with Crippen molar-refractivity contribution in [3.8, 4) is 5.75 Å². The Hall–Kier alpha value is -2.93. The van der Waals surface area contributed by atoms with Crippen LogP contribution in [0.25, 0.3) is 0 Å². The summed E-state index contributed by atoms with van der Waals surface area (Å²) in [5.41, 5.74) is 2.89. The molecule has 0 saturated heterocycles. The van der Waals surface area contributed by atoms with Crippen LogP contribution in [0, 0.1) is 10.1 Å². The number of carbonyl (C=O) groups is 1. The molecule has 1 amide bonds. The second-order valence-corrected chi connectivity index (χ2v) is 4.77. The van der Waals surface area contributed by atoms with Crippen molar-refractivity contribution in [1.82, 2.24) is 5.43 Å². The quantitative estimate of drug-likeness (QED) is 0.499. The second kappa shape index (κ2) is 7.90. The van der Waals surface area contributed by atoms with Crippen LogP contribution in [0.3, 0.4) is 0 Å². The molecule has 118 valence electrons. The zero-order valence-electron chi connectivity index (χ0n) is 11.8. The van der Waals surface area contributed by atoms with Gasteiger partial charge in [0.25, 0.3) is 11.6 Å². The number of nitrogens with one attached hydrogen (secondary N) is 1. The number of ether oxygens (including phenoxy) is 1. The second-order valence-electron chi connectivity index (χ2n) is 4.36. The third-order valence-electron chi connectivity index (χ3n) is 2.70. The molecule has 0 saturated carbocycles. The van der Waals surface area contributed by atoms with Crippen molar-refractivity contribution in [2.45, 2.75) is 0 Å². The van der Waals surface area contributed by atoms with Crippen molar-refractivity contribution in [3.05, 3.63) is 69.2 Å². The third kappa shape index (κ3) is 5.08. The summed E-state index contributed by atoms with van der Waals surface area (Å²) in [7, 11) is 0. The van der Waals surface area contributed by atoms with Crippen molar-refractivity contribution in [2.24, 2.45) is 5.10 Å². The van der Waals surface area contributed by atoms with Gasteiger partial charge >= 0.3 is 0 Å². The first kappa shape index (κ1) is 16.4. The molecule has 0 spiro atoms. The van der Waals surface area contributed by atoms with Crippen LogP contribution in [0.5, 0.6) is 5.75 Å². The number of amides is 1. The van der Waals surface area contributed by atoms with Crippen LogP contribution in [0.2, 0.25) is 5.02 Å². The van der Waals surface area contributed by atoms with Crippen molar-refractivity contribution >= 4 is 29.4 Å². The van der Waals surface area contributed by atoms with Gasteiger partial charge in [-0.3, -0.25) is 14.9 Å². The van der Waals surface area contributed by atoms with E-state index in [0.29, 0.717) is 16.3 Å². The smallest absolute Gasteiger partial charge is 0.277 e. The average Bonchev–Trinajstić information content (AvgIpc) is 2.54. The molecule has 0 radical (unpaired) electrons. The number of non-ortho nitro benzene ring substituents is 1. The highest BCUT2D eigenvalue weighted by Gasteiger charge is 2.05. The van der Waals surface area contributed by atoms with E-state index in [4.69, 9.17) is 16.3 Å². The number of rotatable bonds is 6. The number of nitrogens with zero attached hydrogens (tertiary/aromatic N) is 2. The lowest BCUT2D eigenvalue weighted by atomic mass is 10.2. The molecule has 2 aromatic carbocycles. The van der Waals surface area contributed by atoms with E-state index < -0.39 is 10.8 Å². The van der Waals surface area contributed by atoms with Gasteiger partial charge in [-0.1, -0.05) is 23.7 Å². The molecule has 2 aromatic rings. The highest BCUT2D eigenvalue weighted by atomic mass is 35.5. The first-order valence-electron chi connectivity index (χ1n) is 6.50. The molecule has 0 aliphatic rings. The largest absolute Gasteiger partial charge is 0.482 e. The highest BCUT2D eigenvalue weighted by Crippen LogP contribution is 2.22. The summed E-state index contributed by atoms with van der Waals surface area (Å²) in [6.45, 7) is -0.235. The Morgan fingerprint density at radius 2 is 1.96 bits per heavy atom. The van der Waals surface area contributed by atoms with Crippen molar-refractivity contribution in [3.63, 3.8) is 0 Å². The molecule has 7 nitrogen and oxygen atoms in total. The molecule has 0 aliphatic heterocycles. The van der Waals surface area contributed by atoms with E-state index in [2.05, 4.69) is 10.5 Å². The molecule has 0 bridgehead atoms. The fraction of sp³-hybridized carbons (Fsp3) is 0.0667. The van der Waals surface area contributed by atoms with Crippen LogP contribution >= 0.6 is 11.6 Å². The van der Waals surface area contributed by atoms with Gasteiger partial charge in [0.15, 0.2) is 6.61 Å². The number of halogens is 1. The lowest BCUT2D eigenvalue weighted by Gasteiger charge is -2.06. The molecule has 0 aromatic heterocycles. The lowest BCUT2D eigenvalue weighted by molar-refractivity contribution is -0.384. The fourth-order valence-corrected chi connectivity index (χ4v) is 1.79. The summed E-state index contributed by atoms with van der Waals surface area (Å²) < 4.78 is 5.25. The number of nitro benzene ring substituents is 1. The SMILES string of the molecule is O=C(COc1ccccc1Cl)NN=Cc1ccc([N+](=O)[O-])cc1. The van der Waals surface area contributed by atoms with E-state index in [1.54, 1.807) is 24.3 Å². The van der Waals surface area contributed by atoms with Gasteiger partial charge in [0.1, 0.15) is 5.75 Å². The van der Waals surface area contributed by atoms with Gasteiger partial charge in [-0.2, -0.15) is 5.10 Å². The normalized spacial score (nSPS) is 10.5. The summed E-state index contributed by atoms with van der Waals surface area (Å²) in [5, 5.41) is 14.7. The molecule has 2 rings (SSSR count). The number of benzene rings is 2. The standard InChI is InChI=1S/C15H12ClN3O4/c16-13-3-1-2-4-14(13)23-10-15(20)18-17-9-11-5-7-12(8-6-11)19(21)22/h1-9H,10H2,(H,18,20). The Kier molecular flexibility index (Phi) is 5.65. The van der Waals surface area contributed by atoms with Crippen LogP contribution < -0.4 is 10.2 Å². The summed E-state index contributed by atoms with van der Waals surface area (Å²) in [4.78, 5) is 21.6. The first-order chi connectivity index (χ1) is 11.1. The van der Waals surface area contributed by atoms with Gasteiger partial charge in [-0.15, -0.1) is 0 Å². The molecule has 0 fully saturated rings. The van der Waals surface area contributed by atoms with Crippen LogP contribution in [0.1, 0.15) is 5.56 Å². The van der Waals surface area contributed by atoms with Crippen LogP contribution in [0.15, 0.2) is 53.6 Å². The minimum Gasteiger partial charge on any atom is -0.482 e. The van der Waals surface area contributed by atoms with Crippen LogP contribution in [-0.2, 0) is 4.79 Å². The van der Waals surface area contributed by atoms with E-state index >= 15 is 0 Å². The zero-order chi connectivity index (χ0) is 16.7. The Labute approximate surface area is 136 Å². The van der Waals surface area contributed by atoms with E-state index in [9.17, 15) is 14.9 Å². The Morgan fingerprint density at radius 1 is 1.26 bits per heavy atom. The first-order valence-corrected chi connectivity index (χ1v) is 6.88. The summed E-state index contributed by atoms with van der Waals surface area (Å²) >= 11 is 5.89. The Morgan fingerprint density at radius 3 is 2.61 bits per heavy atom. The van der Waals surface area contributed by atoms with Crippen LogP contribution in [-0.4, -0.2) is 23.7 Å². The molecule has 8 heteroatoms. The molecular formula is C15H12ClN3O4. The van der Waals surface area contributed by atoms with Gasteiger partial charge in [-0.25, -0.2) is 5.43 Å². The van der Waals surface area contributed by atoms with Gasteiger partial charge < -0.3 is 4.74 Å². The Balaban J connectivity index is 1.82. The maximum atomic E-state index is 11.6. The van der Waals surface area contributed by atoms with E-state index in [1.165, 1.54) is 30.5 Å². The summed E-state index contributed by atoms with van der Waals surface area (Å²) in [5.74, 6) is -0.0493. The summed E-state index contributed by atoms with van der Waals surface area (Å²) in [6.07, 6.45) is 1.37. The predicted molar refractivity (Wildman–Crippen MR) is 85.8 cm³/mol. The lowest BCUT2D eigenvalue weighted by Crippen LogP contribution is -2.24. The van der Waals surface area contributed by atoms with E-state index in [-0.39, 0.29) is 12.3 Å². The molecule has 0 atom stereocenters. The van der Waals surface area contributed by atoms with Crippen molar-refractivity contribution in [2.75, 3.05) is 6.61 Å². The number of para-hydroxylation sites is 1. The fourth-order valence-electron chi connectivity index (χ4n) is 1.60. The topological polar surface area (TPSA) is 93.8 Å². The number of nitro groups is 1. The number of carbonyl (C=O) groups excluding carboxylic acids is 1. The van der Waals surface area contributed by atoms with Gasteiger partial charge in [0, 0.05) is 12.1 Å². The molecule has 23 heavy (non-hydrogen) atoms.